The zero-order valence-electron chi connectivity index (χ0n) is 11.7. The molecule has 0 fully saturated rings. The molecule has 1 aromatic rings. The van der Waals surface area contributed by atoms with E-state index in [0.717, 1.165) is 31.6 Å². The summed E-state index contributed by atoms with van der Waals surface area (Å²) in [7, 11) is 3.83. The number of benzene rings is 1. The lowest BCUT2D eigenvalue weighted by atomic mass is 10.1. The molecule has 102 valence electrons. The van der Waals surface area contributed by atoms with Crippen LogP contribution in [-0.2, 0) is 0 Å². The molecule has 0 saturated carbocycles. The molecule has 1 atom stereocenters. The van der Waals surface area contributed by atoms with Crippen LogP contribution in [0.4, 0.5) is 0 Å². The fourth-order valence-electron chi connectivity index (χ4n) is 1.98. The maximum absolute atomic E-state index is 8.74. The molecule has 0 amide bonds. The van der Waals surface area contributed by atoms with Crippen LogP contribution in [0.1, 0.15) is 37.8 Å². The van der Waals surface area contributed by atoms with Gasteiger partial charge in [0.2, 0.25) is 0 Å². The van der Waals surface area contributed by atoms with Crippen LogP contribution in [0.25, 0.3) is 0 Å². The summed E-state index contributed by atoms with van der Waals surface area (Å²) in [5, 5.41) is 8.74. The van der Waals surface area contributed by atoms with E-state index >= 15 is 0 Å². The summed E-state index contributed by atoms with van der Waals surface area (Å²) in [4.78, 5) is 2.35. The second kappa shape index (κ2) is 8.11. The van der Waals surface area contributed by atoms with E-state index in [4.69, 9.17) is 9.84 Å². The fraction of sp³-hybridized carbons (Fsp3) is 0.600. The van der Waals surface area contributed by atoms with Crippen LogP contribution in [0.15, 0.2) is 24.3 Å². The van der Waals surface area contributed by atoms with Gasteiger partial charge in [-0.3, -0.25) is 4.90 Å². The van der Waals surface area contributed by atoms with Gasteiger partial charge in [-0.15, -0.1) is 0 Å². The monoisotopic (exact) mass is 251 g/mol. The van der Waals surface area contributed by atoms with Crippen molar-refractivity contribution in [3.05, 3.63) is 29.8 Å². The number of aliphatic hydroxyl groups excluding tert-OH is 1. The summed E-state index contributed by atoms with van der Waals surface area (Å²) in [5.74, 6) is 0.900. The van der Waals surface area contributed by atoms with Crippen molar-refractivity contribution in [1.29, 1.82) is 0 Å². The first-order chi connectivity index (χ1) is 8.69. The first-order valence-electron chi connectivity index (χ1n) is 6.64. The molecule has 0 aliphatic heterocycles. The van der Waals surface area contributed by atoms with Crippen molar-refractivity contribution in [1.82, 2.24) is 4.90 Å². The molecule has 1 N–H and O–H groups in total. The van der Waals surface area contributed by atoms with Crippen molar-refractivity contribution in [2.45, 2.75) is 32.2 Å². The SMILES string of the molecule is COc1ccc(C(C)N(C)CCCCCO)cc1. The third-order valence-corrected chi connectivity index (χ3v) is 3.43. The lowest BCUT2D eigenvalue weighted by molar-refractivity contribution is 0.244. The Labute approximate surface area is 110 Å². The minimum absolute atomic E-state index is 0.303. The van der Waals surface area contributed by atoms with Crippen LogP contribution in [0.5, 0.6) is 5.75 Å². The Morgan fingerprint density at radius 1 is 1.17 bits per heavy atom. The van der Waals surface area contributed by atoms with Crippen molar-refractivity contribution >= 4 is 0 Å². The fourth-order valence-corrected chi connectivity index (χ4v) is 1.98. The number of ether oxygens (including phenoxy) is 1. The van der Waals surface area contributed by atoms with E-state index in [1.54, 1.807) is 7.11 Å². The molecule has 1 rings (SSSR count). The molecular weight excluding hydrogens is 226 g/mol. The van der Waals surface area contributed by atoms with Gasteiger partial charge in [0.1, 0.15) is 5.75 Å². The normalized spacial score (nSPS) is 12.7. The number of nitrogens with zero attached hydrogens (tertiary/aromatic N) is 1. The summed E-state index contributed by atoms with van der Waals surface area (Å²) < 4.78 is 5.16. The van der Waals surface area contributed by atoms with E-state index in [1.165, 1.54) is 5.56 Å². The maximum Gasteiger partial charge on any atom is 0.118 e. The molecule has 0 aliphatic rings. The molecule has 0 spiro atoms. The van der Waals surface area contributed by atoms with Gasteiger partial charge < -0.3 is 9.84 Å². The molecule has 1 unspecified atom stereocenters. The second-order valence-corrected chi connectivity index (χ2v) is 4.71. The Balaban J connectivity index is 2.43. The number of rotatable bonds is 8. The average Bonchev–Trinajstić information content (AvgIpc) is 2.42. The summed E-state index contributed by atoms with van der Waals surface area (Å²) in [5.41, 5.74) is 1.31. The van der Waals surface area contributed by atoms with E-state index in [-0.39, 0.29) is 0 Å². The molecule has 0 bridgehead atoms. The van der Waals surface area contributed by atoms with Crippen LogP contribution >= 0.6 is 0 Å². The highest BCUT2D eigenvalue weighted by molar-refractivity contribution is 5.28. The standard InChI is InChI=1S/C15H25NO2/c1-13(16(2)11-5-4-6-12-17)14-7-9-15(18-3)10-8-14/h7-10,13,17H,4-6,11-12H2,1-3H3. The molecular formula is C15H25NO2. The molecule has 0 aromatic heterocycles. The molecule has 0 heterocycles. The minimum Gasteiger partial charge on any atom is -0.497 e. The predicted octanol–water partition coefficient (Wildman–Crippen LogP) is 2.85. The lowest BCUT2D eigenvalue weighted by Crippen LogP contribution is -2.23. The van der Waals surface area contributed by atoms with Gasteiger partial charge in [-0.2, -0.15) is 0 Å². The van der Waals surface area contributed by atoms with Gasteiger partial charge in [-0.25, -0.2) is 0 Å². The molecule has 1 aromatic carbocycles. The molecule has 3 heteroatoms. The first-order valence-corrected chi connectivity index (χ1v) is 6.64. The van der Waals surface area contributed by atoms with Crippen LogP contribution < -0.4 is 4.74 Å². The Morgan fingerprint density at radius 3 is 2.39 bits per heavy atom. The molecule has 0 aliphatic carbocycles. The number of aliphatic hydroxyl groups is 1. The van der Waals surface area contributed by atoms with Crippen LogP contribution in [0, 0.1) is 0 Å². The average molecular weight is 251 g/mol. The van der Waals surface area contributed by atoms with Gasteiger partial charge in [0.15, 0.2) is 0 Å². The summed E-state index contributed by atoms with van der Waals surface area (Å²) in [6.45, 7) is 3.58. The molecule has 18 heavy (non-hydrogen) atoms. The van der Waals surface area contributed by atoms with Gasteiger partial charge in [-0.05, 0) is 57.5 Å². The first kappa shape index (κ1) is 15.0. The topological polar surface area (TPSA) is 32.7 Å². The minimum atomic E-state index is 0.303. The summed E-state index contributed by atoms with van der Waals surface area (Å²) in [6.07, 6.45) is 3.14. The zero-order chi connectivity index (χ0) is 13.4. The van der Waals surface area contributed by atoms with Gasteiger partial charge in [-0.1, -0.05) is 12.1 Å². The van der Waals surface area contributed by atoms with Crippen molar-refractivity contribution < 1.29 is 9.84 Å². The quantitative estimate of drug-likeness (QED) is 0.721. The summed E-state index contributed by atoms with van der Waals surface area (Å²) in [6, 6.07) is 8.66. The number of unbranched alkanes of at least 4 members (excludes halogenated alkanes) is 2. The van der Waals surface area contributed by atoms with E-state index in [0.29, 0.717) is 12.6 Å². The second-order valence-electron chi connectivity index (χ2n) is 4.71. The van der Waals surface area contributed by atoms with E-state index in [2.05, 4.69) is 31.0 Å². The van der Waals surface area contributed by atoms with E-state index in [1.807, 2.05) is 12.1 Å². The zero-order valence-corrected chi connectivity index (χ0v) is 11.7. The van der Waals surface area contributed by atoms with E-state index in [9.17, 15) is 0 Å². The van der Waals surface area contributed by atoms with Gasteiger partial charge in [0.25, 0.3) is 0 Å². The lowest BCUT2D eigenvalue weighted by Gasteiger charge is -2.25. The molecule has 0 saturated heterocycles. The van der Waals surface area contributed by atoms with Gasteiger partial charge in [0, 0.05) is 12.6 Å². The van der Waals surface area contributed by atoms with E-state index < -0.39 is 0 Å². The predicted molar refractivity (Wildman–Crippen MR) is 75.0 cm³/mol. The maximum atomic E-state index is 8.74. The Kier molecular flexibility index (Phi) is 6.76. The third kappa shape index (κ3) is 4.67. The van der Waals surface area contributed by atoms with Crippen molar-refractivity contribution in [3.63, 3.8) is 0 Å². The number of methoxy groups -OCH3 is 1. The number of hydrogen-bond donors (Lipinski definition) is 1. The highest BCUT2D eigenvalue weighted by atomic mass is 16.5. The largest absolute Gasteiger partial charge is 0.497 e. The highest BCUT2D eigenvalue weighted by Gasteiger charge is 2.10. The van der Waals surface area contributed by atoms with Crippen LogP contribution in [-0.4, -0.2) is 37.3 Å². The van der Waals surface area contributed by atoms with Crippen LogP contribution in [0.2, 0.25) is 0 Å². The summed E-state index contributed by atoms with van der Waals surface area (Å²) >= 11 is 0. The van der Waals surface area contributed by atoms with Crippen LogP contribution in [0.3, 0.4) is 0 Å². The Hall–Kier alpha value is -1.06. The third-order valence-electron chi connectivity index (χ3n) is 3.43. The highest BCUT2D eigenvalue weighted by Crippen LogP contribution is 2.21. The van der Waals surface area contributed by atoms with Gasteiger partial charge in [0.05, 0.1) is 7.11 Å². The smallest absolute Gasteiger partial charge is 0.118 e. The van der Waals surface area contributed by atoms with Gasteiger partial charge >= 0.3 is 0 Å². The molecule has 0 radical (unpaired) electrons. The van der Waals surface area contributed by atoms with Crippen molar-refractivity contribution in [3.8, 4) is 5.75 Å². The molecule has 3 nitrogen and oxygen atoms in total. The van der Waals surface area contributed by atoms with Crippen molar-refractivity contribution in [2.75, 3.05) is 27.3 Å². The number of hydrogen-bond acceptors (Lipinski definition) is 3. The van der Waals surface area contributed by atoms with Crippen molar-refractivity contribution in [2.24, 2.45) is 0 Å². The Morgan fingerprint density at radius 2 is 1.83 bits per heavy atom. The Bertz CT molecular complexity index is 324.